The molecule has 0 aliphatic rings. The second kappa shape index (κ2) is 16.4. The van der Waals surface area contributed by atoms with Gasteiger partial charge < -0.3 is 10.0 Å². The summed E-state index contributed by atoms with van der Waals surface area (Å²) in [6.07, 6.45) is 7.25. The van der Waals surface area contributed by atoms with Crippen molar-refractivity contribution in [3.05, 3.63) is 0 Å². The lowest BCUT2D eigenvalue weighted by molar-refractivity contribution is -0.137. The molecule has 0 aromatic rings. The smallest absolute Gasteiger partial charge is 0.303 e. The molecule has 0 aromatic carbocycles. The molecule has 0 atom stereocenters. The van der Waals surface area contributed by atoms with Gasteiger partial charge in [-0.3, -0.25) is 4.79 Å². The number of carboxylic acids is 1. The molecule has 0 fully saturated rings. The first-order chi connectivity index (χ1) is 8.62. The highest BCUT2D eigenvalue weighted by molar-refractivity contribution is 5.66. The van der Waals surface area contributed by atoms with Crippen molar-refractivity contribution in [2.24, 2.45) is 0 Å². The van der Waals surface area contributed by atoms with Crippen LogP contribution in [-0.2, 0) is 4.79 Å². The van der Waals surface area contributed by atoms with Crippen LogP contribution in [-0.4, -0.2) is 35.6 Å². The molecule has 0 unspecified atom stereocenters. The molecular formula is C15H33NO2. The van der Waals surface area contributed by atoms with E-state index in [1.54, 1.807) is 0 Å². The number of carboxylic acid groups (broad SMARTS) is 1. The maximum absolute atomic E-state index is 10.1. The monoisotopic (exact) mass is 259 g/mol. The quantitative estimate of drug-likeness (QED) is 0.599. The van der Waals surface area contributed by atoms with Gasteiger partial charge in [0.25, 0.3) is 0 Å². The molecule has 0 radical (unpaired) electrons. The summed E-state index contributed by atoms with van der Waals surface area (Å²) in [6, 6.07) is 0. The average molecular weight is 259 g/mol. The van der Waals surface area contributed by atoms with Gasteiger partial charge in [-0.1, -0.05) is 59.8 Å². The minimum atomic E-state index is -0.666. The van der Waals surface area contributed by atoms with Crippen LogP contribution in [0.4, 0.5) is 0 Å². The highest BCUT2D eigenvalue weighted by atomic mass is 16.4. The number of rotatable bonds is 10. The minimum Gasteiger partial charge on any atom is -0.481 e. The van der Waals surface area contributed by atoms with E-state index in [0.29, 0.717) is 6.42 Å². The van der Waals surface area contributed by atoms with Crippen LogP contribution in [0.3, 0.4) is 0 Å². The van der Waals surface area contributed by atoms with Crippen molar-refractivity contribution in [1.29, 1.82) is 0 Å². The van der Waals surface area contributed by atoms with Crippen molar-refractivity contribution in [3.63, 3.8) is 0 Å². The van der Waals surface area contributed by atoms with Gasteiger partial charge in [0.05, 0.1) is 0 Å². The van der Waals surface area contributed by atoms with Gasteiger partial charge in [-0.2, -0.15) is 0 Å². The molecule has 110 valence electrons. The largest absolute Gasteiger partial charge is 0.481 e. The lowest BCUT2D eigenvalue weighted by atomic mass is 10.1. The van der Waals surface area contributed by atoms with Crippen molar-refractivity contribution < 1.29 is 9.90 Å². The van der Waals surface area contributed by atoms with Gasteiger partial charge in [-0.05, 0) is 26.1 Å². The highest BCUT2D eigenvalue weighted by Crippen LogP contribution is 2.06. The first-order valence-corrected chi connectivity index (χ1v) is 7.56. The predicted molar refractivity (Wildman–Crippen MR) is 79.1 cm³/mol. The zero-order valence-electron chi connectivity index (χ0n) is 12.9. The van der Waals surface area contributed by atoms with Gasteiger partial charge in [0.2, 0.25) is 0 Å². The third-order valence-electron chi connectivity index (χ3n) is 3.09. The first-order valence-electron chi connectivity index (χ1n) is 7.56. The number of nitrogens with zero attached hydrogens (tertiary/aromatic N) is 1. The van der Waals surface area contributed by atoms with Crippen LogP contribution >= 0.6 is 0 Å². The highest BCUT2D eigenvalue weighted by Gasteiger charge is 1.95. The Morgan fingerprint density at radius 3 is 1.61 bits per heavy atom. The first kappa shape index (κ1) is 19.8. The number of hydrogen-bond donors (Lipinski definition) is 1. The normalized spacial score (nSPS) is 10.1. The minimum absolute atomic E-state index is 0.339. The molecule has 0 saturated carbocycles. The Hall–Kier alpha value is -0.570. The molecule has 0 heterocycles. The molecule has 18 heavy (non-hydrogen) atoms. The zero-order chi connectivity index (χ0) is 14.2. The van der Waals surface area contributed by atoms with Crippen molar-refractivity contribution in [2.75, 3.05) is 19.6 Å². The van der Waals surface area contributed by atoms with Crippen LogP contribution in [0.1, 0.15) is 72.6 Å². The number of carbonyl (C=O) groups is 1. The van der Waals surface area contributed by atoms with Gasteiger partial charge >= 0.3 is 5.97 Å². The summed E-state index contributed by atoms with van der Waals surface area (Å²) in [4.78, 5) is 12.5. The molecule has 0 aliphatic carbocycles. The number of unbranched alkanes of at least 4 members (excludes halogenated alkanes) is 5. The van der Waals surface area contributed by atoms with E-state index in [-0.39, 0.29) is 0 Å². The maximum Gasteiger partial charge on any atom is 0.303 e. The number of aliphatic carboxylic acids is 1. The summed E-state index contributed by atoms with van der Waals surface area (Å²) in [5.74, 6) is -0.666. The van der Waals surface area contributed by atoms with Crippen LogP contribution in [0.25, 0.3) is 0 Å². The molecule has 1 N–H and O–H groups in total. The van der Waals surface area contributed by atoms with Gasteiger partial charge in [0, 0.05) is 6.42 Å². The summed E-state index contributed by atoms with van der Waals surface area (Å²) in [7, 11) is 0. The van der Waals surface area contributed by atoms with E-state index >= 15 is 0 Å². The molecule has 0 saturated heterocycles. The van der Waals surface area contributed by atoms with Gasteiger partial charge in [0.1, 0.15) is 0 Å². The summed E-state index contributed by atoms with van der Waals surface area (Å²) in [6.45, 7) is 12.3. The summed E-state index contributed by atoms with van der Waals surface area (Å²) in [5.41, 5.74) is 0. The van der Waals surface area contributed by atoms with E-state index in [1.165, 1.54) is 45.3 Å². The van der Waals surface area contributed by atoms with Crippen LogP contribution < -0.4 is 0 Å². The Balaban J connectivity index is 0. The van der Waals surface area contributed by atoms with Crippen LogP contribution in [0, 0.1) is 0 Å². The Bertz CT molecular complexity index is 162. The van der Waals surface area contributed by atoms with E-state index in [4.69, 9.17) is 5.11 Å². The summed E-state index contributed by atoms with van der Waals surface area (Å²) < 4.78 is 0. The Morgan fingerprint density at radius 1 is 0.833 bits per heavy atom. The van der Waals surface area contributed by atoms with Crippen molar-refractivity contribution in [3.8, 4) is 0 Å². The Kier molecular flexibility index (Phi) is 18.0. The van der Waals surface area contributed by atoms with Crippen molar-refractivity contribution in [2.45, 2.75) is 72.6 Å². The molecule has 0 amide bonds. The second-order valence-corrected chi connectivity index (χ2v) is 4.53. The SMILES string of the molecule is CCCCCCCCC(=O)O.CCN(CC)CC. The van der Waals surface area contributed by atoms with Gasteiger partial charge in [-0.25, -0.2) is 0 Å². The average Bonchev–Trinajstić information content (AvgIpc) is 2.36. The van der Waals surface area contributed by atoms with E-state index in [1.807, 2.05) is 0 Å². The fraction of sp³-hybridized carbons (Fsp3) is 0.933. The van der Waals surface area contributed by atoms with E-state index in [9.17, 15) is 4.79 Å². The van der Waals surface area contributed by atoms with Crippen LogP contribution in [0.5, 0.6) is 0 Å². The second-order valence-electron chi connectivity index (χ2n) is 4.53. The fourth-order valence-electron chi connectivity index (χ4n) is 1.73. The van der Waals surface area contributed by atoms with Crippen LogP contribution in [0.2, 0.25) is 0 Å². The van der Waals surface area contributed by atoms with Gasteiger partial charge in [0.15, 0.2) is 0 Å². The predicted octanol–water partition coefficient (Wildman–Crippen LogP) is 4.17. The Morgan fingerprint density at radius 2 is 1.28 bits per heavy atom. The Labute approximate surface area is 114 Å². The standard InChI is InChI=1S/C9H18O2.C6H15N/c1-2-3-4-5-6-7-8-9(10)11;1-4-7(5-2)6-3/h2-8H2,1H3,(H,10,11);4-6H2,1-3H3. The fourth-order valence-corrected chi connectivity index (χ4v) is 1.73. The zero-order valence-corrected chi connectivity index (χ0v) is 12.9. The van der Waals surface area contributed by atoms with Crippen LogP contribution in [0.15, 0.2) is 0 Å². The molecular weight excluding hydrogens is 226 g/mol. The maximum atomic E-state index is 10.1. The molecule has 0 aromatic heterocycles. The molecule has 0 bridgehead atoms. The van der Waals surface area contributed by atoms with E-state index in [0.717, 1.165) is 12.8 Å². The molecule has 0 rings (SSSR count). The summed E-state index contributed by atoms with van der Waals surface area (Å²) in [5, 5.41) is 8.32. The van der Waals surface area contributed by atoms with Gasteiger partial charge in [-0.15, -0.1) is 0 Å². The van der Waals surface area contributed by atoms with Crippen molar-refractivity contribution in [1.82, 2.24) is 4.90 Å². The molecule has 3 nitrogen and oxygen atoms in total. The molecule has 0 spiro atoms. The third-order valence-corrected chi connectivity index (χ3v) is 3.09. The molecule has 0 aliphatic heterocycles. The van der Waals surface area contributed by atoms with E-state index in [2.05, 4.69) is 32.6 Å². The lowest BCUT2D eigenvalue weighted by Crippen LogP contribution is -2.21. The third kappa shape index (κ3) is 17.8. The topological polar surface area (TPSA) is 40.5 Å². The molecule has 3 heteroatoms. The summed E-state index contributed by atoms with van der Waals surface area (Å²) >= 11 is 0. The number of hydrogen-bond acceptors (Lipinski definition) is 2. The van der Waals surface area contributed by atoms with Crippen molar-refractivity contribution >= 4 is 5.97 Å². The lowest BCUT2D eigenvalue weighted by Gasteiger charge is -2.13. The van der Waals surface area contributed by atoms with E-state index < -0.39 is 5.97 Å².